The van der Waals surface area contributed by atoms with E-state index in [1.54, 1.807) is 16.3 Å². The zero-order valence-corrected chi connectivity index (χ0v) is 13.1. The molecular formula is C16H13F2NO4S. The van der Waals surface area contributed by atoms with Crippen molar-refractivity contribution in [2.24, 2.45) is 0 Å². The Morgan fingerprint density at radius 1 is 1.17 bits per heavy atom. The van der Waals surface area contributed by atoms with Crippen molar-refractivity contribution in [1.29, 1.82) is 0 Å². The lowest BCUT2D eigenvalue weighted by molar-refractivity contribution is -0.143. The van der Waals surface area contributed by atoms with Crippen molar-refractivity contribution in [1.82, 2.24) is 4.90 Å². The Kier molecular flexibility index (Phi) is 3.65. The van der Waals surface area contributed by atoms with Gasteiger partial charge in [0.1, 0.15) is 18.2 Å². The van der Waals surface area contributed by atoms with Crippen LogP contribution in [0.15, 0.2) is 29.0 Å². The van der Waals surface area contributed by atoms with Crippen LogP contribution in [-0.4, -0.2) is 41.3 Å². The molecule has 0 amide bonds. The van der Waals surface area contributed by atoms with Gasteiger partial charge in [0.2, 0.25) is 11.5 Å². The highest BCUT2D eigenvalue weighted by Crippen LogP contribution is 2.41. The zero-order valence-electron chi connectivity index (χ0n) is 12.3. The summed E-state index contributed by atoms with van der Waals surface area (Å²) in [5.41, 5.74) is 0.668. The molecule has 0 aliphatic carbocycles. The predicted molar refractivity (Wildman–Crippen MR) is 81.5 cm³/mol. The molecule has 1 N–H and O–H groups in total. The Balaban J connectivity index is 1.61. The molecule has 2 aromatic rings. The van der Waals surface area contributed by atoms with E-state index in [-0.39, 0.29) is 24.6 Å². The Morgan fingerprint density at radius 2 is 1.75 bits per heavy atom. The summed E-state index contributed by atoms with van der Waals surface area (Å²) in [5, 5.41) is 13.1. The predicted octanol–water partition coefficient (Wildman–Crippen LogP) is 2.68. The van der Waals surface area contributed by atoms with Gasteiger partial charge in [-0.3, -0.25) is 9.69 Å². The first kappa shape index (κ1) is 15.3. The van der Waals surface area contributed by atoms with Crippen molar-refractivity contribution in [3.63, 3.8) is 0 Å². The average Bonchev–Trinajstić information content (AvgIpc) is 3.19. The van der Waals surface area contributed by atoms with Crippen LogP contribution in [-0.2, 0) is 4.79 Å². The summed E-state index contributed by atoms with van der Waals surface area (Å²) in [6.45, 7) is 0.514. The van der Waals surface area contributed by atoms with E-state index in [0.29, 0.717) is 5.56 Å². The molecular weight excluding hydrogens is 340 g/mol. The van der Waals surface area contributed by atoms with Gasteiger partial charge >= 0.3 is 5.97 Å². The number of carboxylic acid groups (broad SMARTS) is 1. The number of carboxylic acids is 1. The second-order valence-corrected chi connectivity index (χ2v) is 6.53. The molecule has 3 atom stereocenters. The smallest absolute Gasteiger partial charge is 0.325 e. The van der Waals surface area contributed by atoms with Gasteiger partial charge in [0, 0.05) is 13.1 Å². The molecule has 5 nitrogen and oxygen atoms in total. The average molecular weight is 353 g/mol. The number of aliphatic carboxylic acids is 1. The van der Waals surface area contributed by atoms with Gasteiger partial charge in [-0.15, -0.1) is 0 Å². The van der Waals surface area contributed by atoms with Crippen LogP contribution in [0.3, 0.4) is 0 Å². The SMILES string of the molecule is O=C(O)C(c1ccsc1)N1C[C@@H]2Oc3c(F)ccc(F)c3O[C@@H]2C1. The van der Waals surface area contributed by atoms with Gasteiger partial charge in [-0.2, -0.15) is 11.3 Å². The zero-order chi connectivity index (χ0) is 16.8. The van der Waals surface area contributed by atoms with Crippen LogP contribution in [0.4, 0.5) is 8.78 Å². The molecule has 126 valence electrons. The molecule has 2 aliphatic rings. The van der Waals surface area contributed by atoms with Gasteiger partial charge in [0.15, 0.2) is 11.6 Å². The summed E-state index contributed by atoms with van der Waals surface area (Å²) in [7, 11) is 0. The third-order valence-electron chi connectivity index (χ3n) is 4.26. The number of benzene rings is 1. The molecule has 24 heavy (non-hydrogen) atoms. The number of hydrogen-bond acceptors (Lipinski definition) is 5. The molecule has 0 radical (unpaired) electrons. The van der Waals surface area contributed by atoms with E-state index in [0.717, 1.165) is 12.1 Å². The van der Waals surface area contributed by atoms with Crippen molar-refractivity contribution in [2.45, 2.75) is 18.2 Å². The number of thiophene rings is 1. The van der Waals surface area contributed by atoms with Crippen molar-refractivity contribution < 1.29 is 28.2 Å². The van der Waals surface area contributed by atoms with Gasteiger partial charge in [0.05, 0.1) is 0 Å². The first-order valence-corrected chi connectivity index (χ1v) is 8.29. The van der Waals surface area contributed by atoms with Gasteiger partial charge in [-0.25, -0.2) is 8.78 Å². The minimum atomic E-state index is -0.984. The summed E-state index contributed by atoms with van der Waals surface area (Å²) in [4.78, 5) is 13.4. The third-order valence-corrected chi connectivity index (χ3v) is 4.96. The maximum absolute atomic E-state index is 13.8. The van der Waals surface area contributed by atoms with Crippen molar-refractivity contribution in [3.05, 3.63) is 46.2 Å². The van der Waals surface area contributed by atoms with Crippen LogP contribution in [0, 0.1) is 11.6 Å². The van der Waals surface area contributed by atoms with Crippen LogP contribution < -0.4 is 9.47 Å². The monoisotopic (exact) mass is 353 g/mol. The summed E-state index contributed by atoms with van der Waals surface area (Å²) in [5.74, 6) is -2.88. The highest BCUT2D eigenvalue weighted by atomic mass is 32.1. The summed E-state index contributed by atoms with van der Waals surface area (Å²) >= 11 is 1.41. The molecule has 0 saturated carbocycles. The van der Waals surface area contributed by atoms with Gasteiger partial charge in [-0.05, 0) is 34.5 Å². The van der Waals surface area contributed by atoms with E-state index in [9.17, 15) is 18.7 Å². The van der Waals surface area contributed by atoms with Crippen molar-refractivity contribution in [3.8, 4) is 11.5 Å². The molecule has 1 saturated heterocycles. The maximum Gasteiger partial charge on any atom is 0.325 e. The Labute approximate surface area is 140 Å². The van der Waals surface area contributed by atoms with E-state index in [4.69, 9.17) is 9.47 Å². The minimum Gasteiger partial charge on any atom is -0.480 e. The fourth-order valence-electron chi connectivity index (χ4n) is 3.19. The molecule has 1 unspecified atom stereocenters. The molecule has 0 bridgehead atoms. The molecule has 4 rings (SSSR count). The Hall–Kier alpha value is -2.19. The molecule has 3 heterocycles. The summed E-state index contributed by atoms with van der Waals surface area (Å²) < 4.78 is 38.8. The number of nitrogens with zero attached hydrogens (tertiary/aromatic N) is 1. The van der Waals surface area contributed by atoms with Crippen LogP contribution >= 0.6 is 11.3 Å². The molecule has 1 aromatic carbocycles. The molecule has 1 fully saturated rings. The van der Waals surface area contributed by atoms with E-state index < -0.39 is 35.9 Å². The maximum atomic E-state index is 13.8. The number of ether oxygens (including phenoxy) is 2. The number of hydrogen-bond donors (Lipinski definition) is 1. The largest absolute Gasteiger partial charge is 0.480 e. The van der Waals surface area contributed by atoms with E-state index in [1.165, 1.54) is 11.3 Å². The standard InChI is InChI=1S/C16H13F2NO4S/c17-9-1-2-10(18)15-14(9)22-11-5-19(6-12(11)23-15)13(16(20)21)8-3-4-24-7-8/h1-4,7,11-13H,5-6H2,(H,20,21)/t11-,12+,13?. The number of carbonyl (C=O) groups is 1. The van der Waals surface area contributed by atoms with Crippen molar-refractivity contribution in [2.75, 3.05) is 13.1 Å². The summed E-state index contributed by atoms with van der Waals surface area (Å²) in [6, 6.07) is 2.87. The van der Waals surface area contributed by atoms with E-state index in [2.05, 4.69) is 0 Å². The topological polar surface area (TPSA) is 59.0 Å². The second-order valence-electron chi connectivity index (χ2n) is 5.75. The van der Waals surface area contributed by atoms with Gasteiger partial charge in [0.25, 0.3) is 0 Å². The molecule has 0 spiro atoms. The number of fused-ring (bicyclic) bond motifs is 2. The fraction of sp³-hybridized carbons (Fsp3) is 0.312. The third kappa shape index (κ3) is 2.42. The lowest BCUT2D eigenvalue weighted by Crippen LogP contribution is -2.39. The van der Waals surface area contributed by atoms with Gasteiger partial charge in [-0.1, -0.05) is 0 Å². The normalized spacial score (nSPS) is 23.8. The first-order chi connectivity index (χ1) is 11.5. The van der Waals surface area contributed by atoms with Crippen molar-refractivity contribution >= 4 is 17.3 Å². The van der Waals surface area contributed by atoms with Crippen LogP contribution in [0.2, 0.25) is 0 Å². The Morgan fingerprint density at radius 3 is 2.21 bits per heavy atom. The highest BCUT2D eigenvalue weighted by Gasteiger charge is 2.45. The van der Waals surface area contributed by atoms with E-state index in [1.807, 2.05) is 5.38 Å². The quantitative estimate of drug-likeness (QED) is 0.919. The second kappa shape index (κ2) is 5.71. The minimum absolute atomic E-state index is 0.250. The highest BCUT2D eigenvalue weighted by molar-refractivity contribution is 7.08. The van der Waals surface area contributed by atoms with Crippen LogP contribution in [0.5, 0.6) is 11.5 Å². The summed E-state index contributed by atoms with van der Waals surface area (Å²) in [6.07, 6.45) is -1.09. The van der Waals surface area contributed by atoms with Gasteiger partial charge < -0.3 is 14.6 Å². The Bertz CT molecular complexity index is 744. The lowest BCUT2D eigenvalue weighted by atomic mass is 10.1. The molecule has 1 aromatic heterocycles. The number of halogens is 2. The fourth-order valence-corrected chi connectivity index (χ4v) is 3.87. The lowest BCUT2D eigenvalue weighted by Gasteiger charge is -2.28. The van der Waals surface area contributed by atoms with E-state index >= 15 is 0 Å². The number of likely N-dealkylation sites (tertiary alicyclic amines) is 1. The molecule has 2 aliphatic heterocycles. The number of rotatable bonds is 3. The first-order valence-electron chi connectivity index (χ1n) is 7.35. The van der Waals surface area contributed by atoms with Crippen LogP contribution in [0.25, 0.3) is 0 Å². The molecule has 8 heteroatoms. The van der Waals surface area contributed by atoms with Crippen LogP contribution in [0.1, 0.15) is 11.6 Å².